The van der Waals surface area contributed by atoms with Crippen molar-refractivity contribution in [3.8, 4) is 0 Å². The molecule has 0 aliphatic carbocycles. The minimum absolute atomic E-state index is 0.0922. The van der Waals surface area contributed by atoms with Crippen LogP contribution in [0.15, 0.2) is 42.0 Å². The molecule has 0 atom stereocenters. The first-order valence-electron chi connectivity index (χ1n) is 6.24. The highest BCUT2D eigenvalue weighted by Crippen LogP contribution is 2.15. The first-order valence-corrected chi connectivity index (χ1v) is 6.24. The number of allylic oxidation sites excluding steroid dienone is 1. The Morgan fingerprint density at radius 2 is 2.00 bits per heavy atom. The molecule has 3 nitrogen and oxygen atoms in total. The van der Waals surface area contributed by atoms with Gasteiger partial charge in [0, 0.05) is 19.2 Å². The Labute approximate surface area is 108 Å². The Balaban J connectivity index is 1.71. The maximum atomic E-state index is 11.6. The Morgan fingerprint density at radius 1 is 1.33 bits per heavy atom. The van der Waals surface area contributed by atoms with E-state index >= 15 is 0 Å². The van der Waals surface area contributed by atoms with E-state index in [2.05, 4.69) is 0 Å². The van der Waals surface area contributed by atoms with Crippen LogP contribution < -0.4 is 0 Å². The van der Waals surface area contributed by atoms with Crippen molar-refractivity contribution in [1.82, 2.24) is 4.90 Å². The fraction of sp³-hybridized carbons (Fsp3) is 0.400. The van der Waals surface area contributed by atoms with Crippen LogP contribution in [-0.4, -0.2) is 30.0 Å². The van der Waals surface area contributed by atoms with Gasteiger partial charge in [-0.15, -0.1) is 0 Å². The number of carbonyl (C=O) groups excluding carboxylic acids is 1. The molecule has 18 heavy (non-hydrogen) atoms. The molecule has 0 N–H and O–H groups in total. The first-order chi connectivity index (χ1) is 8.65. The summed E-state index contributed by atoms with van der Waals surface area (Å²) in [5.74, 6) is 0.0922. The molecule has 1 amide bonds. The van der Waals surface area contributed by atoms with Gasteiger partial charge in [-0.2, -0.15) is 0 Å². The highest BCUT2D eigenvalue weighted by atomic mass is 16.5. The predicted octanol–water partition coefficient (Wildman–Crippen LogP) is 2.38. The Morgan fingerprint density at radius 3 is 2.61 bits per heavy atom. The molecule has 1 heterocycles. The normalized spacial score (nSPS) is 15.1. The van der Waals surface area contributed by atoms with Crippen LogP contribution in [0.25, 0.3) is 0 Å². The van der Waals surface area contributed by atoms with Crippen LogP contribution in [0.5, 0.6) is 0 Å². The number of hydrogen-bond donors (Lipinski definition) is 0. The molecule has 1 saturated heterocycles. The fourth-order valence-corrected chi connectivity index (χ4v) is 1.85. The van der Waals surface area contributed by atoms with Gasteiger partial charge in [-0.05, 0) is 19.4 Å². The zero-order chi connectivity index (χ0) is 13.0. The van der Waals surface area contributed by atoms with Gasteiger partial charge in [-0.25, -0.2) is 0 Å². The van der Waals surface area contributed by atoms with E-state index in [9.17, 15) is 4.79 Å². The van der Waals surface area contributed by atoms with Crippen LogP contribution in [0.1, 0.15) is 19.4 Å². The molecule has 0 aromatic heterocycles. The summed E-state index contributed by atoms with van der Waals surface area (Å²) in [6.07, 6.45) is 1.85. The van der Waals surface area contributed by atoms with Crippen molar-refractivity contribution < 1.29 is 9.53 Å². The lowest BCUT2D eigenvalue weighted by atomic mass is 10.1. The SMILES string of the molecule is CC(C)=CC(=O)N1CC(OCc2ccccc2)C1. The standard InChI is InChI=1S/C15H19NO2/c1-12(2)8-15(17)16-9-14(10-16)18-11-13-6-4-3-5-7-13/h3-8,14H,9-11H2,1-2H3. The topological polar surface area (TPSA) is 29.5 Å². The summed E-state index contributed by atoms with van der Waals surface area (Å²) in [5, 5.41) is 0. The molecule has 0 bridgehead atoms. The quantitative estimate of drug-likeness (QED) is 0.762. The van der Waals surface area contributed by atoms with E-state index in [0.717, 1.165) is 5.57 Å². The third kappa shape index (κ3) is 3.44. The van der Waals surface area contributed by atoms with Crippen molar-refractivity contribution in [2.75, 3.05) is 13.1 Å². The van der Waals surface area contributed by atoms with E-state index in [1.165, 1.54) is 5.56 Å². The first kappa shape index (κ1) is 12.8. The molecule has 0 unspecified atom stereocenters. The van der Waals surface area contributed by atoms with Gasteiger partial charge >= 0.3 is 0 Å². The molecular weight excluding hydrogens is 226 g/mol. The van der Waals surface area contributed by atoms with Crippen molar-refractivity contribution in [2.45, 2.75) is 26.6 Å². The predicted molar refractivity (Wildman–Crippen MR) is 71.0 cm³/mol. The fourth-order valence-electron chi connectivity index (χ4n) is 1.85. The molecule has 1 aliphatic heterocycles. The number of hydrogen-bond acceptors (Lipinski definition) is 2. The third-order valence-corrected chi connectivity index (χ3v) is 2.90. The highest BCUT2D eigenvalue weighted by Gasteiger charge is 2.30. The van der Waals surface area contributed by atoms with Crippen LogP contribution in [-0.2, 0) is 16.1 Å². The lowest BCUT2D eigenvalue weighted by molar-refractivity contribution is -0.140. The molecule has 1 aliphatic rings. The average molecular weight is 245 g/mol. The molecule has 1 aromatic rings. The lowest BCUT2D eigenvalue weighted by Crippen LogP contribution is -2.54. The second-order valence-electron chi connectivity index (χ2n) is 4.88. The maximum Gasteiger partial charge on any atom is 0.246 e. The van der Waals surface area contributed by atoms with Crippen molar-refractivity contribution in [3.05, 3.63) is 47.5 Å². The van der Waals surface area contributed by atoms with Gasteiger partial charge in [0.25, 0.3) is 0 Å². The van der Waals surface area contributed by atoms with E-state index < -0.39 is 0 Å². The zero-order valence-electron chi connectivity index (χ0n) is 10.9. The molecule has 0 spiro atoms. The number of rotatable bonds is 4. The molecule has 96 valence electrons. The molecule has 0 radical (unpaired) electrons. The van der Waals surface area contributed by atoms with E-state index in [1.54, 1.807) is 6.08 Å². The van der Waals surface area contributed by atoms with Crippen molar-refractivity contribution >= 4 is 5.91 Å². The summed E-state index contributed by atoms with van der Waals surface area (Å²) in [6, 6.07) is 10.1. The summed E-state index contributed by atoms with van der Waals surface area (Å²) >= 11 is 0. The summed E-state index contributed by atoms with van der Waals surface area (Å²) in [5.41, 5.74) is 2.21. The van der Waals surface area contributed by atoms with Crippen molar-refractivity contribution in [3.63, 3.8) is 0 Å². The van der Waals surface area contributed by atoms with Gasteiger partial charge < -0.3 is 9.64 Å². The summed E-state index contributed by atoms with van der Waals surface area (Å²) in [6.45, 7) is 5.89. The van der Waals surface area contributed by atoms with Crippen LogP contribution >= 0.6 is 0 Å². The smallest absolute Gasteiger partial charge is 0.246 e. The Bertz CT molecular complexity index is 429. The van der Waals surface area contributed by atoms with Gasteiger partial charge in [-0.3, -0.25) is 4.79 Å². The maximum absolute atomic E-state index is 11.6. The summed E-state index contributed by atoms with van der Waals surface area (Å²) < 4.78 is 5.73. The number of ether oxygens (including phenoxy) is 1. The van der Waals surface area contributed by atoms with Crippen molar-refractivity contribution in [1.29, 1.82) is 0 Å². The largest absolute Gasteiger partial charge is 0.370 e. The van der Waals surface area contributed by atoms with E-state index in [1.807, 2.05) is 49.1 Å². The van der Waals surface area contributed by atoms with Crippen LogP contribution in [0, 0.1) is 0 Å². The average Bonchev–Trinajstić information content (AvgIpc) is 2.27. The van der Waals surface area contributed by atoms with Gasteiger partial charge in [0.05, 0.1) is 12.7 Å². The van der Waals surface area contributed by atoms with Gasteiger partial charge in [0.2, 0.25) is 5.91 Å². The van der Waals surface area contributed by atoms with Crippen LogP contribution in [0.2, 0.25) is 0 Å². The summed E-state index contributed by atoms with van der Waals surface area (Å²) in [7, 11) is 0. The van der Waals surface area contributed by atoms with E-state index in [4.69, 9.17) is 4.74 Å². The van der Waals surface area contributed by atoms with Crippen LogP contribution in [0.4, 0.5) is 0 Å². The second-order valence-corrected chi connectivity index (χ2v) is 4.88. The molecule has 3 heteroatoms. The van der Waals surface area contributed by atoms with Crippen LogP contribution in [0.3, 0.4) is 0 Å². The number of carbonyl (C=O) groups is 1. The molecule has 1 fully saturated rings. The lowest BCUT2D eigenvalue weighted by Gasteiger charge is -2.38. The number of likely N-dealkylation sites (tertiary alicyclic amines) is 1. The molecule has 1 aromatic carbocycles. The Kier molecular flexibility index (Phi) is 4.15. The highest BCUT2D eigenvalue weighted by molar-refractivity contribution is 5.88. The monoisotopic (exact) mass is 245 g/mol. The number of amides is 1. The third-order valence-electron chi connectivity index (χ3n) is 2.90. The number of benzene rings is 1. The van der Waals surface area contributed by atoms with Crippen molar-refractivity contribution in [2.24, 2.45) is 0 Å². The van der Waals surface area contributed by atoms with Gasteiger partial charge in [-0.1, -0.05) is 35.9 Å². The number of nitrogens with zero attached hydrogens (tertiary/aromatic N) is 1. The van der Waals surface area contributed by atoms with E-state index in [0.29, 0.717) is 19.7 Å². The minimum atomic E-state index is 0.0922. The molecular formula is C15H19NO2. The van der Waals surface area contributed by atoms with E-state index in [-0.39, 0.29) is 12.0 Å². The summed E-state index contributed by atoms with van der Waals surface area (Å²) in [4.78, 5) is 13.5. The minimum Gasteiger partial charge on any atom is -0.370 e. The Hall–Kier alpha value is -1.61. The van der Waals surface area contributed by atoms with Gasteiger partial charge in [0.1, 0.15) is 0 Å². The zero-order valence-corrected chi connectivity index (χ0v) is 10.9. The molecule has 2 rings (SSSR count). The second kappa shape index (κ2) is 5.83. The molecule has 0 saturated carbocycles. The van der Waals surface area contributed by atoms with Gasteiger partial charge in [0.15, 0.2) is 0 Å².